The Morgan fingerprint density at radius 3 is 2.35 bits per heavy atom. The molecule has 0 aliphatic carbocycles. The van der Waals surface area contributed by atoms with Gasteiger partial charge in [-0.15, -0.1) is 0 Å². The number of carbonyl (C=O) groups excluding carboxylic acids is 2. The summed E-state index contributed by atoms with van der Waals surface area (Å²) in [5.74, 6) is -1.06. The molecule has 5 heteroatoms. The van der Waals surface area contributed by atoms with Gasteiger partial charge in [0.15, 0.2) is 0 Å². The molecule has 0 fully saturated rings. The van der Waals surface area contributed by atoms with Crippen LogP contribution in [0.5, 0.6) is 0 Å². The number of carbonyl (C=O) groups is 2. The van der Waals surface area contributed by atoms with Crippen molar-refractivity contribution in [2.24, 2.45) is 5.73 Å². The van der Waals surface area contributed by atoms with Crippen LogP contribution in [0.1, 0.15) is 22.1 Å². The molecule has 0 aliphatic rings. The molecule has 1 atom stereocenters. The summed E-state index contributed by atoms with van der Waals surface area (Å²) in [6.45, 7) is 0. The number of aromatic nitrogens is 1. The van der Waals surface area contributed by atoms with Crippen LogP contribution in [0.15, 0.2) is 66.7 Å². The van der Waals surface area contributed by atoms with E-state index in [1.54, 1.807) is 30.3 Å². The number of para-hydroxylation sites is 1. The molecular formula is C18H15N3O2. The van der Waals surface area contributed by atoms with Crippen LogP contribution in [0, 0.1) is 0 Å². The van der Waals surface area contributed by atoms with E-state index >= 15 is 0 Å². The second-order valence-electron chi connectivity index (χ2n) is 5.11. The zero-order valence-electron chi connectivity index (χ0n) is 12.3. The maximum absolute atomic E-state index is 12.4. The van der Waals surface area contributed by atoms with Crippen molar-refractivity contribution >= 4 is 22.7 Å². The third-order valence-electron chi connectivity index (χ3n) is 3.52. The molecule has 1 aromatic heterocycles. The molecule has 0 unspecified atom stereocenters. The summed E-state index contributed by atoms with van der Waals surface area (Å²) in [5.41, 5.74) is 7.00. The molecule has 0 saturated carbocycles. The molecular weight excluding hydrogens is 290 g/mol. The van der Waals surface area contributed by atoms with Gasteiger partial charge in [-0.25, -0.2) is 4.98 Å². The minimum atomic E-state index is -0.892. The van der Waals surface area contributed by atoms with Crippen LogP contribution in [0.4, 0.5) is 0 Å². The summed E-state index contributed by atoms with van der Waals surface area (Å²) in [5, 5.41) is 3.58. The molecule has 3 aromatic rings. The first kappa shape index (κ1) is 14.7. The maximum Gasteiger partial charge on any atom is 0.270 e. The number of nitrogens with two attached hydrogens (primary N) is 1. The van der Waals surface area contributed by atoms with Crippen LogP contribution < -0.4 is 11.1 Å². The molecule has 2 amide bonds. The van der Waals surface area contributed by atoms with Crippen LogP contribution in [0.25, 0.3) is 10.9 Å². The van der Waals surface area contributed by atoms with Crippen LogP contribution in [0.3, 0.4) is 0 Å². The van der Waals surface area contributed by atoms with Crippen molar-refractivity contribution in [3.8, 4) is 0 Å². The molecule has 0 bridgehead atoms. The molecule has 0 radical (unpaired) electrons. The summed E-state index contributed by atoms with van der Waals surface area (Å²) in [6.07, 6.45) is 0. The Kier molecular flexibility index (Phi) is 4.01. The Morgan fingerprint density at radius 1 is 0.913 bits per heavy atom. The van der Waals surface area contributed by atoms with Gasteiger partial charge in [-0.2, -0.15) is 0 Å². The van der Waals surface area contributed by atoms with E-state index in [4.69, 9.17) is 5.73 Å². The standard InChI is InChI=1S/C18H15N3O2/c19-17(22)16(13-7-2-1-3-8-13)21-18(23)15-11-10-12-6-4-5-9-14(12)20-15/h1-11,16H,(H2,19,22)(H,21,23)/t16-/m0/s1. The molecule has 3 rings (SSSR count). The van der Waals surface area contributed by atoms with Gasteiger partial charge in [-0.1, -0.05) is 54.6 Å². The highest BCUT2D eigenvalue weighted by Gasteiger charge is 2.21. The summed E-state index contributed by atoms with van der Waals surface area (Å²) >= 11 is 0. The Hall–Kier alpha value is -3.21. The highest BCUT2D eigenvalue weighted by atomic mass is 16.2. The molecule has 1 heterocycles. The highest BCUT2D eigenvalue weighted by molar-refractivity contribution is 5.97. The van der Waals surface area contributed by atoms with Gasteiger partial charge < -0.3 is 11.1 Å². The highest BCUT2D eigenvalue weighted by Crippen LogP contribution is 2.15. The van der Waals surface area contributed by atoms with E-state index in [0.29, 0.717) is 5.56 Å². The summed E-state index contributed by atoms with van der Waals surface area (Å²) in [4.78, 5) is 28.4. The van der Waals surface area contributed by atoms with Crippen molar-refractivity contribution in [2.75, 3.05) is 0 Å². The number of rotatable bonds is 4. The average molecular weight is 305 g/mol. The smallest absolute Gasteiger partial charge is 0.270 e. The third kappa shape index (κ3) is 3.18. The molecule has 0 aliphatic heterocycles. The van der Waals surface area contributed by atoms with Gasteiger partial charge in [-0.3, -0.25) is 9.59 Å². The van der Waals surface area contributed by atoms with Crippen LogP contribution in [0.2, 0.25) is 0 Å². The Bertz CT molecular complexity index is 862. The average Bonchev–Trinajstić information content (AvgIpc) is 2.59. The minimum absolute atomic E-state index is 0.242. The van der Waals surface area contributed by atoms with Crippen LogP contribution in [-0.4, -0.2) is 16.8 Å². The van der Waals surface area contributed by atoms with Crippen LogP contribution >= 0.6 is 0 Å². The lowest BCUT2D eigenvalue weighted by molar-refractivity contribution is -0.120. The predicted octanol–water partition coefficient (Wildman–Crippen LogP) is 2.19. The Labute approximate surface area is 133 Å². The lowest BCUT2D eigenvalue weighted by atomic mass is 10.1. The van der Waals surface area contributed by atoms with E-state index in [1.165, 1.54) is 0 Å². The fourth-order valence-corrected chi connectivity index (χ4v) is 2.36. The number of nitrogens with zero attached hydrogens (tertiary/aromatic N) is 1. The number of benzene rings is 2. The van der Waals surface area contributed by atoms with E-state index in [9.17, 15) is 9.59 Å². The van der Waals surface area contributed by atoms with Crippen molar-refractivity contribution in [1.82, 2.24) is 10.3 Å². The van der Waals surface area contributed by atoms with Gasteiger partial charge in [0.2, 0.25) is 5.91 Å². The number of hydrogen-bond acceptors (Lipinski definition) is 3. The first-order chi connectivity index (χ1) is 11.1. The second kappa shape index (κ2) is 6.27. The van der Waals surface area contributed by atoms with Crippen LogP contribution in [-0.2, 0) is 4.79 Å². The van der Waals surface area contributed by atoms with Gasteiger partial charge in [-0.05, 0) is 17.7 Å². The number of fused-ring (bicyclic) bond motifs is 1. The zero-order chi connectivity index (χ0) is 16.2. The number of nitrogens with one attached hydrogen (secondary N) is 1. The monoisotopic (exact) mass is 305 g/mol. The second-order valence-corrected chi connectivity index (χ2v) is 5.11. The van der Waals surface area contributed by atoms with E-state index in [0.717, 1.165) is 10.9 Å². The van der Waals surface area contributed by atoms with E-state index in [2.05, 4.69) is 10.3 Å². The first-order valence-corrected chi connectivity index (χ1v) is 7.16. The van der Waals surface area contributed by atoms with Gasteiger partial charge in [0.25, 0.3) is 5.91 Å². The largest absolute Gasteiger partial charge is 0.368 e. The summed E-state index contributed by atoms with van der Waals surface area (Å²) in [6, 6.07) is 18.9. The van der Waals surface area contributed by atoms with Gasteiger partial charge in [0.05, 0.1) is 5.52 Å². The molecule has 0 saturated heterocycles. The number of pyridine rings is 1. The molecule has 3 N–H and O–H groups in total. The van der Waals surface area contributed by atoms with E-state index < -0.39 is 17.9 Å². The summed E-state index contributed by atoms with van der Waals surface area (Å²) < 4.78 is 0. The Balaban J connectivity index is 1.87. The van der Waals surface area contributed by atoms with Crippen molar-refractivity contribution in [1.29, 1.82) is 0 Å². The van der Waals surface area contributed by atoms with Gasteiger partial charge >= 0.3 is 0 Å². The van der Waals surface area contributed by atoms with Crippen molar-refractivity contribution < 1.29 is 9.59 Å². The topological polar surface area (TPSA) is 85.1 Å². The fourth-order valence-electron chi connectivity index (χ4n) is 2.36. The normalized spacial score (nSPS) is 11.8. The van der Waals surface area contributed by atoms with Crippen molar-refractivity contribution in [2.45, 2.75) is 6.04 Å². The van der Waals surface area contributed by atoms with E-state index in [-0.39, 0.29) is 5.69 Å². The predicted molar refractivity (Wildman–Crippen MR) is 87.6 cm³/mol. The molecule has 5 nitrogen and oxygen atoms in total. The van der Waals surface area contributed by atoms with E-state index in [1.807, 2.05) is 36.4 Å². The number of hydrogen-bond donors (Lipinski definition) is 2. The minimum Gasteiger partial charge on any atom is -0.368 e. The SMILES string of the molecule is NC(=O)[C@@H](NC(=O)c1ccc2ccccc2n1)c1ccccc1. The molecule has 2 aromatic carbocycles. The lowest BCUT2D eigenvalue weighted by Crippen LogP contribution is -2.37. The first-order valence-electron chi connectivity index (χ1n) is 7.16. The quantitative estimate of drug-likeness (QED) is 0.775. The molecule has 23 heavy (non-hydrogen) atoms. The lowest BCUT2D eigenvalue weighted by Gasteiger charge is -2.15. The molecule has 0 spiro atoms. The zero-order valence-corrected chi connectivity index (χ0v) is 12.3. The van der Waals surface area contributed by atoms with Crippen molar-refractivity contribution in [3.63, 3.8) is 0 Å². The van der Waals surface area contributed by atoms with Gasteiger partial charge in [0, 0.05) is 5.39 Å². The number of primary amides is 1. The third-order valence-corrected chi connectivity index (χ3v) is 3.52. The fraction of sp³-hybridized carbons (Fsp3) is 0.0556. The molecule has 114 valence electrons. The number of amides is 2. The van der Waals surface area contributed by atoms with Crippen molar-refractivity contribution in [3.05, 3.63) is 78.0 Å². The van der Waals surface area contributed by atoms with Gasteiger partial charge in [0.1, 0.15) is 11.7 Å². The summed E-state index contributed by atoms with van der Waals surface area (Å²) in [7, 11) is 0. The maximum atomic E-state index is 12.4. The Morgan fingerprint density at radius 2 is 1.61 bits per heavy atom.